The van der Waals surface area contributed by atoms with E-state index in [1.165, 1.54) is 6.07 Å². The second-order valence-corrected chi connectivity index (χ2v) is 7.54. The molecule has 0 saturated carbocycles. The van der Waals surface area contributed by atoms with Gasteiger partial charge in [0.25, 0.3) is 0 Å². The molecule has 2 aromatic carbocycles. The molecule has 7 heteroatoms. The quantitative estimate of drug-likeness (QED) is 0.855. The molecule has 2 aromatic rings. The summed E-state index contributed by atoms with van der Waals surface area (Å²) >= 11 is 0. The summed E-state index contributed by atoms with van der Waals surface area (Å²) in [6, 6.07) is 15.7. The van der Waals surface area contributed by atoms with Gasteiger partial charge in [0, 0.05) is 6.54 Å². The molecule has 0 unspecified atom stereocenters. The van der Waals surface area contributed by atoms with Crippen molar-refractivity contribution in [2.24, 2.45) is 0 Å². The van der Waals surface area contributed by atoms with Gasteiger partial charge >= 0.3 is 0 Å². The molecule has 0 aliphatic rings. The van der Waals surface area contributed by atoms with Gasteiger partial charge in [-0.05, 0) is 36.2 Å². The van der Waals surface area contributed by atoms with E-state index in [9.17, 15) is 13.2 Å². The Balaban J connectivity index is 2.13. The second-order valence-electron chi connectivity index (χ2n) is 5.63. The van der Waals surface area contributed by atoms with Crippen LogP contribution >= 0.6 is 0 Å². The number of benzene rings is 2. The van der Waals surface area contributed by atoms with Crippen LogP contribution < -0.4 is 9.62 Å². The number of hydrogen-bond acceptors (Lipinski definition) is 4. The molecule has 2 rings (SSSR count). The van der Waals surface area contributed by atoms with Crippen LogP contribution in [0.2, 0.25) is 0 Å². The first kappa shape index (κ1) is 18.5. The smallest absolute Gasteiger partial charge is 0.241 e. The lowest BCUT2D eigenvalue weighted by molar-refractivity contribution is -0.119. The van der Waals surface area contributed by atoms with E-state index in [1.807, 2.05) is 37.3 Å². The number of carbonyl (C=O) groups is 1. The summed E-state index contributed by atoms with van der Waals surface area (Å²) in [6.45, 7) is 1.92. The van der Waals surface area contributed by atoms with Gasteiger partial charge in [0.2, 0.25) is 15.9 Å². The Hall–Kier alpha value is -2.85. The molecule has 0 bridgehead atoms. The number of nitriles is 1. The molecule has 0 saturated heterocycles. The molecular formula is C18H19N3O3S. The van der Waals surface area contributed by atoms with Crippen molar-refractivity contribution in [3.63, 3.8) is 0 Å². The second kappa shape index (κ2) is 7.81. The van der Waals surface area contributed by atoms with Crippen molar-refractivity contribution >= 4 is 21.6 Å². The Morgan fingerprint density at radius 1 is 1.20 bits per heavy atom. The number of aryl methyl sites for hydroxylation is 1. The van der Waals surface area contributed by atoms with Crippen LogP contribution in [0.1, 0.15) is 16.7 Å². The number of amides is 1. The molecule has 1 amide bonds. The van der Waals surface area contributed by atoms with Crippen molar-refractivity contribution in [1.29, 1.82) is 5.26 Å². The van der Waals surface area contributed by atoms with Crippen LogP contribution in [0.3, 0.4) is 0 Å². The van der Waals surface area contributed by atoms with Gasteiger partial charge in [-0.3, -0.25) is 9.10 Å². The Kier molecular flexibility index (Phi) is 5.78. The van der Waals surface area contributed by atoms with E-state index in [-0.39, 0.29) is 12.2 Å². The maximum atomic E-state index is 12.2. The molecule has 1 N–H and O–H groups in total. The minimum atomic E-state index is -3.67. The van der Waals surface area contributed by atoms with Gasteiger partial charge in [0.1, 0.15) is 6.54 Å². The van der Waals surface area contributed by atoms with E-state index in [4.69, 9.17) is 5.26 Å². The molecule has 0 atom stereocenters. The Morgan fingerprint density at radius 2 is 1.92 bits per heavy atom. The third-order valence-corrected chi connectivity index (χ3v) is 4.83. The van der Waals surface area contributed by atoms with Crippen LogP contribution in [0, 0.1) is 18.3 Å². The SMILES string of the molecule is Cc1ccccc1CNC(=O)CN(c1cccc(C#N)c1)S(C)(=O)=O. The standard InChI is InChI=1S/C18H19N3O3S/c1-14-6-3-4-8-16(14)12-20-18(22)13-21(25(2,23)24)17-9-5-7-15(10-17)11-19/h3-10H,12-13H2,1-2H3,(H,20,22). The Labute approximate surface area is 147 Å². The molecule has 130 valence electrons. The number of sulfonamides is 1. The van der Waals surface area contributed by atoms with Gasteiger partial charge < -0.3 is 5.32 Å². The number of hydrogen-bond donors (Lipinski definition) is 1. The molecule has 0 aliphatic carbocycles. The van der Waals surface area contributed by atoms with E-state index in [2.05, 4.69) is 5.32 Å². The molecule has 0 aromatic heterocycles. The zero-order chi connectivity index (χ0) is 18.4. The number of carbonyl (C=O) groups excluding carboxylic acids is 1. The van der Waals surface area contributed by atoms with Crippen molar-refractivity contribution in [3.8, 4) is 6.07 Å². The van der Waals surface area contributed by atoms with Crippen LogP contribution in [0.15, 0.2) is 48.5 Å². The largest absolute Gasteiger partial charge is 0.350 e. The third-order valence-electron chi connectivity index (χ3n) is 3.69. The molecule has 0 radical (unpaired) electrons. The predicted molar refractivity (Wildman–Crippen MR) is 96.4 cm³/mol. The highest BCUT2D eigenvalue weighted by Crippen LogP contribution is 2.18. The summed E-state index contributed by atoms with van der Waals surface area (Å²) in [7, 11) is -3.67. The van der Waals surface area contributed by atoms with Gasteiger partial charge in [-0.25, -0.2) is 8.42 Å². The lowest BCUT2D eigenvalue weighted by atomic mass is 10.1. The number of anilines is 1. The molecule has 0 heterocycles. The fourth-order valence-electron chi connectivity index (χ4n) is 2.32. The first-order chi connectivity index (χ1) is 11.8. The first-order valence-corrected chi connectivity index (χ1v) is 9.45. The summed E-state index contributed by atoms with van der Waals surface area (Å²) < 4.78 is 25.1. The van der Waals surface area contributed by atoms with Crippen LogP contribution in [0.5, 0.6) is 0 Å². The molecule has 25 heavy (non-hydrogen) atoms. The first-order valence-electron chi connectivity index (χ1n) is 7.60. The van der Waals surface area contributed by atoms with Crippen LogP contribution in [0.4, 0.5) is 5.69 Å². The molecule has 0 aliphatic heterocycles. The molecule has 6 nitrogen and oxygen atoms in total. The van der Waals surface area contributed by atoms with E-state index < -0.39 is 15.9 Å². The van der Waals surface area contributed by atoms with Crippen molar-refractivity contribution < 1.29 is 13.2 Å². The monoisotopic (exact) mass is 357 g/mol. The topological polar surface area (TPSA) is 90.3 Å². The maximum absolute atomic E-state index is 12.2. The van der Waals surface area contributed by atoms with Gasteiger partial charge in [0.05, 0.1) is 23.6 Å². The number of rotatable bonds is 6. The Bertz CT molecular complexity index is 917. The van der Waals surface area contributed by atoms with Crippen LogP contribution in [0.25, 0.3) is 0 Å². The summed E-state index contributed by atoms with van der Waals surface area (Å²) in [4.78, 5) is 12.2. The Morgan fingerprint density at radius 3 is 2.56 bits per heavy atom. The van der Waals surface area contributed by atoms with E-state index in [0.29, 0.717) is 12.1 Å². The highest BCUT2D eigenvalue weighted by atomic mass is 32.2. The average Bonchev–Trinajstić information content (AvgIpc) is 2.58. The molecule has 0 spiro atoms. The normalized spacial score (nSPS) is 10.8. The van der Waals surface area contributed by atoms with Gasteiger partial charge in [0.15, 0.2) is 0 Å². The van der Waals surface area contributed by atoms with Crippen molar-refractivity contribution in [1.82, 2.24) is 5.32 Å². The highest BCUT2D eigenvalue weighted by Gasteiger charge is 2.21. The lowest BCUT2D eigenvalue weighted by Gasteiger charge is -2.22. The lowest BCUT2D eigenvalue weighted by Crippen LogP contribution is -2.40. The van der Waals surface area contributed by atoms with Crippen LogP contribution in [-0.2, 0) is 21.4 Å². The molecular weight excluding hydrogens is 338 g/mol. The van der Waals surface area contributed by atoms with E-state index in [0.717, 1.165) is 21.7 Å². The van der Waals surface area contributed by atoms with Crippen molar-refractivity contribution in [3.05, 3.63) is 65.2 Å². The highest BCUT2D eigenvalue weighted by molar-refractivity contribution is 7.92. The summed E-state index contributed by atoms with van der Waals surface area (Å²) in [5, 5.41) is 11.7. The van der Waals surface area contributed by atoms with E-state index >= 15 is 0 Å². The minimum absolute atomic E-state index is 0.285. The fourth-order valence-corrected chi connectivity index (χ4v) is 3.17. The fraction of sp³-hybridized carbons (Fsp3) is 0.222. The summed E-state index contributed by atoms with van der Waals surface area (Å²) in [5.41, 5.74) is 2.62. The van der Waals surface area contributed by atoms with Gasteiger partial charge in [-0.15, -0.1) is 0 Å². The van der Waals surface area contributed by atoms with E-state index in [1.54, 1.807) is 18.2 Å². The van der Waals surface area contributed by atoms with Crippen LogP contribution in [-0.4, -0.2) is 27.1 Å². The number of nitrogens with zero attached hydrogens (tertiary/aromatic N) is 2. The van der Waals surface area contributed by atoms with Gasteiger partial charge in [-0.1, -0.05) is 30.3 Å². The maximum Gasteiger partial charge on any atom is 0.241 e. The van der Waals surface area contributed by atoms with Gasteiger partial charge in [-0.2, -0.15) is 5.26 Å². The average molecular weight is 357 g/mol. The zero-order valence-corrected chi connectivity index (χ0v) is 14.9. The zero-order valence-electron chi connectivity index (χ0n) is 14.1. The summed E-state index contributed by atoms with van der Waals surface area (Å²) in [5.74, 6) is -0.420. The summed E-state index contributed by atoms with van der Waals surface area (Å²) in [6.07, 6.45) is 1.03. The minimum Gasteiger partial charge on any atom is -0.350 e. The number of nitrogens with one attached hydrogen (secondary N) is 1. The molecule has 0 fully saturated rings. The predicted octanol–water partition coefficient (Wildman–Crippen LogP) is 1.95. The third kappa shape index (κ3) is 5.06. The van der Waals surface area contributed by atoms with Crippen molar-refractivity contribution in [2.45, 2.75) is 13.5 Å². The van der Waals surface area contributed by atoms with Crippen molar-refractivity contribution in [2.75, 3.05) is 17.1 Å².